The van der Waals surface area contributed by atoms with E-state index in [2.05, 4.69) is 20.3 Å². The van der Waals surface area contributed by atoms with Gasteiger partial charge in [-0.2, -0.15) is 15.0 Å². The predicted octanol–water partition coefficient (Wildman–Crippen LogP) is 1.72. The first-order chi connectivity index (χ1) is 14.2. The van der Waals surface area contributed by atoms with Gasteiger partial charge in [0.05, 0.1) is 13.2 Å². The molecule has 0 unspecified atom stereocenters. The number of nitrogens with one attached hydrogen (secondary N) is 1. The lowest BCUT2D eigenvalue weighted by molar-refractivity contribution is 0.0919. The number of hydrogen-bond acceptors (Lipinski definition) is 8. The number of benzene rings is 1. The minimum atomic E-state index is -0.320. The van der Waals surface area contributed by atoms with Crippen molar-refractivity contribution in [2.45, 2.75) is 32.9 Å². The zero-order chi connectivity index (χ0) is 21.9. The number of carbonyl (C=O) groups is 1. The van der Waals surface area contributed by atoms with Crippen LogP contribution < -0.4 is 15.8 Å². The summed E-state index contributed by atoms with van der Waals surface area (Å²) in [4.78, 5) is 24.7. The summed E-state index contributed by atoms with van der Waals surface area (Å²) in [5, 5.41) is 13.2. The van der Waals surface area contributed by atoms with Crippen LogP contribution in [0.4, 0.5) is 5.82 Å². The Morgan fingerprint density at radius 1 is 1.17 bits per heavy atom. The first kappa shape index (κ1) is 21.3. The summed E-state index contributed by atoms with van der Waals surface area (Å²) in [5.41, 5.74) is 7.65. The van der Waals surface area contributed by atoms with Crippen molar-refractivity contribution >= 4 is 22.9 Å². The molecule has 10 nitrogen and oxygen atoms in total. The van der Waals surface area contributed by atoms with Gasteiger partial charge in [-0.25, -0.2) is 0 Å². The van der Waals surface area contributed by atoms with Crippen molar-refractivity contribution in [1.29, 1.82) is 0 Å². The number of anilines is 1. The van der Waals surface area contributed by atoms with Crippen LogP contribution in [0.1, 0.15) is 36.7 Å². The molecule has 0 atom stereocenters. The van der Waals surface area contributed by atoms with E-state index in [4.69, 9.17) is 15.2 Å². The number of imidazole rings is 1. The third-order valence-electron chi connectivity index (χ3n) is 4.14. The number of fused-ring (bicyclic) bond motifs is 1. The number of ether oxygens (including phenoxy) is 2. The fraction of sp³-hybridized carbons (Fsp3) is 0.400. The second-order valence-corrected chi connectivity index (χ2v) is 7.80. The van der Waals surface area contributed by atoms with E-state index in [0.717, 1.165) is 5.56 Å². The first-order valence-corrected chi connectivity index (χ1v) is 9.44. The molecule has 30 heavy (non-hydrogen) atoms. The maximum absolute atomic E-state index is 12.3. The zero-order valence-electron chi connectivity index (χ0n) is 17.5. The Balaban J connectivity index is 1.84. The van der Waals surface area contributed by atoms with E-state index < -0.39 is 0 Å². The molecule has 0 aliphatic carbocycles. The van der Waals surface area contributed by atoms with Crippen molar-refractivity contribution in [3.8, 4) is 12.0 Å². The quantitative estimate of drug-likeness (QED) is 0.497. The number of nitrogen functional groups attached to an aromatic ring is 1. The highest BCUT2D eigenvalue weighted by molar-refractivity contribution is 5.94. The van der Waals surface area contributed by atoms with Gasteiger partial charge in [0, 0.05) is 18.2 Å². The average Bonchev–Trinajstić information content (AvgIpc) is 2.98. The molecule has 3 aromatic rings. The summed E-state index contributed by atoms with van der Waals surface area (Å²) in [5.74, 6) is -0.0426. The summed E-state index contributed by atoms with van der Waals surface area (Å²) in [6.45, 7) is 6.69. The fourth-order valence-electron chi connectivity index (χ4n) is 2.77. The molecule has 0 saturated heterocycles. The summed E-state index contributed by atoms with van der Waals surface area (Å²) in [6.07, 6.45) is 0. The van der Waals surface area contributed by atoms with Crippen molar-refractivity contribution in [2.75, 3.05) is 26.1 Å². The molecule has 4 N–H and O–H groups in total. The van der Waals surface area contributed by atoms with Crippen LogP contribution in [0.2, 0.25) is 0 Å². The first-order valence-electron chi connectivity index (χ1n) is 9.44. The average molecular weight is 414 g/mol. The number of aromatic nitrogens is 4. The van der Waals surface area contributed by atoms with Crippen LogP contribution in [0, 0.1) is 0 Å². The molecule has 0 radical (unpaired) electrons. The molecular formula is C20H26N6O4. The van der Waals surface area contributed by atoms with Crippen LogP contribution in [0.25, 0.3) is 11.2 Å². The second-order valence-electron chi connectivity index (χ2n) is 7.80. The zero-order valence-corrected chi connectivity index (χ0v) is 17.5. The van der Waals surface area contributed by atoms with Gasteiger partial charge in [0.2, 0.25) is 0 Å². The highest BCUT2D eigenvalue weighted by atomic mass is 16.5. The van der Waals surface area contributed by atoms with E-state index in [1.54, 1.807) is 19.2 Å². The van der Waals surface area contributed by atoms with Crippen molar-refractivity contribution in [2.24, 2.45) is 0 Å². The lowest BCUT2D eigenvalue weighted by Crippen LogP contribution is -2.40. The Labute approximate surface area is 174 Å². The molecular weight excluding hydrogens is 388 g/mol. The maximum Gasteiger partial charge on any atom is 0.320 e. The normalized spacial score (nSPS) is 11.6. The highest BCUT2D eigenvalue weighted by Crippen LogP contribution is 2.25. The lowest BCUT2D eigenvalue weighted by Gasteiger charge is -2.20. The Morgan fingerprint density at radius 3 is 2.50 bits per heavy atom. The number of rotatable bonds is 7. The summed E-state index contributed by atoms with van der Waals surface area (Å²) < 4.78 is 11.9. The summed E-state index contributed by atoms with van der Waals surface area (Å²) in [6, 6.07) is 6.92. The molecule has 0 spiro atoms. The number of nitrogens with zero attached hydrogens (tertiary/aromatic N) is 4. The maximum atomic E-state index is 12.3. The van der Waals surface area contributed by atoms with E-state index in [9.17, 15) is 9.90 Å². The molecule has 0 aliphatic heterocycles. The number of amides is 1. The van der Waals surface area contributed by atoms with E-state index >= 15 is 0 Å². The molecule has 0 fully saturated rings. The second kappa shape index (κ2) is 8.54. The Bertz CT molecular complexity index is 1040. The highest BCUT2D eigenvalue weighted by Gasteiger charge is 2.18. The van der Waals surface area contributed by atoms with Gasteiger partial charge in [-0.3, -0.25) is 9.36 Å². The standard InChI is InChI=1S/C20H26N6O4/c1-20(2,3)25-17(27)13-7-5-12(6-8-13)11-26-16-14(22-19(26)28)15(21)23-18(24-16)30-10-9-29-4/h5-8H,9-11H2,1-4H3,(H,22,28)(H,25,27)(H2,21,23,24). The predicted molar refractivity (Wildman–Crippen MR) is 112 cm³/mol. The number of aromatic hydroxyl groups is 1. The van der Waals surface area contributed by atoms with E-state index in [-0.39, 0.29) is 48.0 Å². The van der Waals surface area contributed by atoms with Crippen LogP contribution >= 0.6 is 0 Å². The number of nitrogens with two attached hydrogens (primary N) is 1. The van der Waals surface area contributed by atoms with Crippen molar-refractivity contribution in [3.63, 3.8) is 0 Å². The Kier molecular flexibility index (Phi) is 6.06. The largest absolute Gasteiger partial charge is 0.480 e. The molecule has 10 heteroatoms. The molecule has 0 bridgehead atoms. The molecule has 160 valence electrons. The third-order valence-corrected chi connectivity index (χ3v) is 4.14. The third kappa shape index (κ3) is 4.95. The molecule has 3 rings (SSSR count). The minimum absolute atomic E-state index is 0.0763. The fourth-order valence-corrected chi connectivity index (χ4v) is 2.77. The van der Waals surface area contributed by atoms with E-state index in [1.165, 1.54) is 4.57 Å². The monoisotopic (exact) mass is 414 g/mol. The topological polar surface area (TPSA) is 137 Å². The van der Waals surface area contributed by atoms with Gasteiger partial charge in [-0.15, -0.1) is 0 Å². The van der Waals surface area contributed by atoms with Gasteiger partial charge < -0.3 is 25.6 Å². The van der Waals surface area contributed by atoms with Crippen LogP contribution in [-0.2, 0) is 11.3 Å². The van der Waals surface area contributed by atoms with Crippen molar-refractivity contribution in [3.05, 3.63) is 35.4 Å². The molecule has 0 saturated carbocycles. The van der Waals surface area contributed by atoms with Crippen LogP contribution in [0.3, 0.4) is 0 Å². The molecule has 2 aromatic heterocycles. The Hall–Kier alpha value is -3.40. The van der Waals surface area contributed by atoms with Crippen molar-refractivity contribution in [1.82, 2.24) is 24.8 Å². The van der Waals surface area contributed by atoms with Gasteiger partial charge in [-0.05, 0) is 38.5 Å². The van der Waals surface area contributed by atoms with Crippen LogP contribution in [-0.4, -0.2) is 56.4 Å². The molecule has 1 aromatic carbocycles. The summed E-state index contributed by atoms with van der Waals surface area (Å²) in [7, 11) is 1.56. The van der Waals surface area contributed by atoms with Crippen LogP contribution in [0.5, 0.6) is 12.0 Å². The smallest absolute Gasteiger partial charge is 0.320 e. The minimum Gasteiger partial charge on any atom is -0.480 e. The Morgan fingerprint density at radius 2 is 1.87 bits per heavy atom. The van der Waals surface area contributed by atoms with Gasteiger partial charge in [0.25, 0.3) is 11.9 Å². The lowest BCUT2D eigenvalue weighted by atomic mass is 10.1. The van der Waals surface area contributed by atoms with Crippen molar-refractivity contribution < 1.29 is 19.4 Å². The van der Waals surface area contributed by atoms with Gasteiger partial charge in [0.15, 0.2) is 17.0 Å². The molecule has 0 aliphatic rings. The number of hydrogen-bond donors (Lipinski definition) is 3. The SMILES string of the molecule is COCCOc1nc(N)c2nc(O)n(Cc3ccc(C(=O)NC(C)(C)C)cc3)c2n1. The molecule has 2 heterocycles. The van der Waals surface area contributed by atoms with Gasteiger partial charge in [-0.1, -0.05) is 12.1 Å². The van der Waals surface area contributed by atoms with Gasteiger partial charge >= 0.3 is 6.01 Å². The van der Waals surface area contributed by atoms with E-state index in [0.29, 0.717) is 17.8 Å². The number of carbonyl (C=O) groups excluding carboxylic acids is 1. The summed E-state index contributed by atoms with van der Waals surface area (Å²) >= 11 is 0. The molecule has 1 amide bonds. The van der Waals surface area contributed by atoms with Gasteiger partial charge in [0.1, 0.15) is 6.61 Å². The van der Waals surface area contributed by atoms with E-state index in [1.807, 2.05) is 32.9 Å². The number of methoxy groups -OCH3 is 1. The van der Waals surface area contributed by atoms with Crippen LogP contribution in [0.15, 0.2) is 24.3 Å².